The van der Waals surface area contributed by atoms with Crippen LogP contribution in [-0.4, -0.2) is 24.8 Å². The molecule has 0 unspecified atom stereocenters. The van der Waals surface area contributed by atoms with Crippen LogP contribution in [0.25, 0.3) is 0 Å². The van der Waals surface area contributed by atoms with E-state index in [4.69, 9.17) is 11.5 Å². The predicted molar refractivity (Wildman–Crippen MR) is 77.1 cm³/mol. The van der Waals surface area contributed by atoms with E-state index in [1.807, 2.05) is 4.90 Å². The lowest BCUT2D eigenvalue weighted by atomic mass is 10.1. The minimum atomic E-state index is -0.394. The maximum absolute atomic E-state index is 11.3. The number of carbonyl (C=O) groups is 2. The SMILES string of the molecule is CC(=O)c1ccc(N(CC(N)=O)CC(C)C)cc1N. The van der Waals surface area contributed by atoms with E-state index < -0.39 is 5.91 Å². The van der Waals surface area contributed by atoms with Crippen molar-refractivity contribution in [3.63, 3.8) is 0 Å². The maximum atomic E-state index is 11.3. The Morgan fingerprint density at radius 2 is 1.95 bits per heavy atom. The van der Waals surface area contributed by atoms with Crippen LogP contribution in [0.1, 0.15) is 31.1 Å². The summed E-state index contributed by atoms with van der Waals surface area (Å²) in [6.07, 6.45) is 0. The Labute approximate surface area is 113 Å². The second-order valence-corrected chi connectivity index (χ2v) is 5.07. The molecule has 0 fully saturated rings. The summed E-state index contributed by atoms with van der Waals surface area (Å²) in [5, 5.41) is 0. The Morgan fingerprint density at radius 1 is 1.32 bits per heavy atom. The van der Waals surface area contributed by atoms with Crippen LogP contribution in [-0.2, 0) is 4.79 Å². The van der Waals surface area contributed by atoms with Crippen LogP contribution >= 0.6 is 0 Å². The van der Waals surface area contributed by atoms with Crippen molar-refractivity contribution in [3.8, 4) is 0 Å². The van der Waals surface area contributed by atoms with Crippen molar-refractivity contribution in [2.45, 2.75) is 20.8 Å². The number of carbonyl (C=O) groups excluding carboxylic acids is 2. The summed E-state index contributed by atoms with van der Waals surface area (Å²) in [5.41, 5.74) is 12.8. The number of ketones is 1. The van der Waals surface area contributed by atoms with Crippen LogP contribution in [0.15, 0.2) is 18.2 Å². The number of rotatable bonds is 6. The van der Waals surface area contributed by atoms with Gasteiger partial charge in [-0.2, -0.15) is 0 Å². The highest BCUT2D eigenvalue weighted by atomic mass is 16.1. The summed E-state index contributed by atoms with van der Waals surface area (Å²) in [7, 11) is 0. The zero-order valence-corrected chi connectivity index (χ0v) is 11.6. The number of benzene rings is 1. The topological polar surface area (TPSA) is 89.4 Å². The second-order valence-electron chi connectivity index (χ2n) is 5.07. The minimum absolute atomic E-state index is 0.0747. The van der Waals surface area contributed by atoms with Gasteiger partial charge in [-0.05, 0) is 31.0 Å². The maximum Gasteiger partial charge on any atom is 0.236 e. The molecule has 0 saturated carbocycles. The van der Waals surface area contributed by atoms with Gasteiger partial charge in [0.05, 0.1) is 6.54 Å². The van der Waals surface area contributed by atoms with Crippen molar-refractivity contribution >= 4 is 23.1 Å². The Kier molecular flexibility index (Phi) is 4.92. The fourth-order valence-corrected chi connectivity index (χ4v) is 1.96. The van der Waals surface area contributed by atoms with Crippen LogP contribution in [0.4, 0.5) is 11.4 Å². The van der Waals surface area contributed by atoms with Crippen LogP contribution < -0.4 is 16.4 Å². The molecule has 0 aliphatic carbocycles. The summed E-state index contributed by atoms with van der Waals surface area (Å²) in [6.45, 7) is 6.42. The van der Waals surface area contributed by atoms with Crippen LogP contribution in [0, 0.1) is 5.92 Å². The van der Waals surface area contributed by atoms with Crippen LogP contribution in [0.3, 0.4) is 0 Å². The molecule has 5 nitrogen and oxygen atoms in total. The lowest BCUT2D eigenvalue weighted by Gasteiger charge is -2.25. The first kappa shape index (κ1) is 15.0. The summed E-state index contributed by atoms with van der Waals surface area (Å²) in [4.78, 5) is 24.3. The molecule has 0 aliphatic rings. The van der Waals surface area contributed by atoms with E-state index in [0.717, 1.165) is 5.69 Å². The van der Waals surface area contributed by atoms with E-state index in [2.05, 4.69) is 13.8 Å². The first-order valence-corrected chi connectivity index (χ1v) is 6.25. The molecule has 0 aliphatic heterocycles. The first-order valence-electron chi connectivity index (χ1n) is 6.25. The summed E-state index contributed by atoms with van der Waals surface area (Å²) in [5.74, 6) is -0.0858. The molecule has 4 N–H and O–H groups in total. The summed E-state index contributed by atoms with van der Waals surface area (Å²) >= 11 is 0. The highest BCUT2D eigenvalue weighted by Gasteiger charge is 2.13. The third kappa shape index (κ3) is 4.28. The third-order valence-electron chi connectivity index (χ3n) is 2.71. The zero-order chi connectivity index (χ0) is 14.6. The van der Waals surface area contributed by atoms with E-state index in [9.17, 15) is 9.59 Å². The molecule has 104 valence electrons. The molecule has 0 spiro atoms. The molecule has 1 amide bonds. The molecule has 1 aromatic carbocycles. The van der Waals surface area contributed by atoms with Crippen molar-refractivity contribution < 1.29 is 9.59 Å². The van der Waals surface area contributed by atoms with Gasteiger partial charge in [0.2, 0.25) is 5.91 Å². The van der Waals surface area contributed by atoms with E-state index in [-0.39, 0.29) is 12.3 Å². The lowest BCUT2D eigenvalue weighted by molar-refractivity contribution is -0.116. The van der Waals surface area contributed by atoms with Gasteiger partial charge in [0, 0.05) is 23.5 Å². The predicted octanol–water partition coefficient (Wildman–Crippen LogP) is 1.42. The number of anilines is 2. The number of hydrogen-bond acceptors (Lipinski definition) is 4. The van der Waals surface area contributed by atoms with Gasteiger partial charge >= 0.3 is 0 Å². The zero-order valence-electron chi connectivity index (χ0n) is 11.6. The molecule has 0 radical (unpaired) electrons. The highest BCUT2D eigenvalue weighted by Crippen LogP contribution is 2.22. The standard InChI is InChI=1S/C14H21N3O2/c1-9(2)7-17(8-14(16)19)11-4-5-12(10(3)18)13(15)6-11/h4-6,9H,7-8,15H2,1-3H3,(H2,16,19). The monoisotopic (exact) mass is 263 g/mol. The van der Waals surface area contributed by atoms with Crippen molar-refractivity contribution in [2.24, 2.45) is 11.7 Å². The van der Waals surface area contributed by atoms with Gasteiger partial charge in [-0.25, -0.2) is 0 Å². The Balaban J connectivity index is 3.05. The van der Waals surface area contributed by atoms with E-state index in [1.165, 1.54) is 6.92 Å². The Hall–Kier alpha value is -2.04. The van der Waals surface area contributed by atoms with Gasteiger partial charge < -0.3 is 16.4 Å². The fourth-order valence-electron chi connectivity index (χ4n) is 1.96. The molecule has 0 heterocycles. The molecule has 0 aromatic heterocycles. The van der Waals surface area contributed by atoms with E-state index >= 15 is 0 Å². The molecule has 19 heavy (non-hydrogen) atoms. The number of Topliss-reactive ketones (excluding diaryl/α,β-unsaturated/α-hetero) is 1. The molecule has 0 saturated heterocycles. The molecule has 0 bridgehead atoms. The van der Waals surface area contributed by atoms with Gasteiger partial charge in [-0.15, -0.1) is 0 Å². The third-order valence-corrected chi connectivity index (χ3v) is 2.71. The first-order chi connectivity index (χ1) is 8.81. The van der Waals surface area contributed by atoms with Crippen molar-refractivity contribution in [2.75, 3.05) is 23.7 Å². The van der Waals surface area contributed by atoms with Gasteiger partial charge in [-0.1, -0.05) is 13.8 Å². The molecule has 5 heteroatoms. The van der Waals surface area contributed by atoms with Crippen LogP contribution in [0.2, 0.25) is 0 Å². The summed E-state index contributed by atoms with van der Waals surface area (Å²) in [6, 6.07) is 5.18. The minimum Gasteiger partial charge on any atom is -0.398 e. The van der Waals surface area contributed by atoms with E-state index in [1.54, 1.807) is 18.2 Å². The number of nitrogens with two attached hydrogens (primary N) is 2. The molecule has 1 aromatic rings. The quantitative estimate of drug-likeness (QED) is 0.600. The average molecular weight is 263 g/mol. The summed E-state index contributed by atoms with van der Waals surface area (Å²) < 4.78 is 0. The van der Waals surface area contributed by atoms with Crippen molar-refractivity contribution in [1.82, 2.24) is 0 Å². The highest BCUT2D eigenvalue weighted by molar-refractivity contribution is 5.99. The molecule has 0 atom stereocenters. The van der Waals surface area contributed by atoms with Crippen molar-refractivity contribution in [3.05, 3.63) is 23.8 Å². The number of primary amides is 1. The van der Waals surface area contributed by atoms with E-state index in [0.29, 0.717) is 23.7 Å². The average Bonchev–Trinajstić information content (AvgIpc) is 2.26. The van der Waals surface area contributed by atoms with Crippen LogP contribution in [0.5, 0.6) is 0 Å². The largest absolute Gasteiger partial charge is 0.398 e. The van der Waals surface area contributed by atoms with Gasteiger partial charge in [0.15, 0.2) is 5.78 Å². The van der Waals surface area contributed by atoms with Gasteiger partial charge in [-0.3, -0.25) is 9.59 Å². The molecular formula is C14H21N3O2. The number of nitrogens with zero attached hydrogens (tertiary/aromatic N) is 1. The smallest absolute Gasteiger partial charge is 0.236 e. The molecule has 1 rings (SSSR count). The second kappa shape index (κ2) is 6.22. The Morgan fingerprint density at radius 3 is 2.37 bits per heavy atom. The number of amides is 1. The number of nitrogen functional groups attached to an aromatic ring is 1. The fraction of sp³-hybridized carbons (Fsp3) is 0.429. The normalized spacial score (nSPS) is 10.5. The lowest BCUT2D eigenvalue weighted by Crippen LogP contribution is -2.36. The van der Waals surface area contributed by atoms with Gasteiger partial charge in [0.25, 0.3) is 0 Å². The van der Waals surface area contributed by atoms with Gasteiger partial charge in [0.1, 0.15) is 0 Å². The number of hydrogen-bond donors (Lipinski definition) is 2. The Bertz CT molecular complexity index is 484. The molecular weight excluding hydrogens is 242 g/mol. The van der Waals surface area contributed by atoms with Crippen molar-refractivity contribution in [1.29, 1.82) is 0 Å².